The number of carbonyl (C=O) groups is 2. The quantitative estimate of drug-likeness (QED) is 0.373. The summed E-state index contributed by atoms with van der Waals surface area (Å²) in [5.41, 5.74) is 3.00. The second kappa shape index (κ2) is 8.68. The molecule has 0 radical (unpaired) electrons. The molecule has 6 nitrogen and oxygen atoms in total. The van der Waals surface area contributed by atoms with E-state index >= 15 is 0 Å². The van der Waals surface area contributed by atoms with Crippen molar-refractivity contribution in [3.8, 4) is 23.0 Å². The van der Waals surface area contributed by atoms with Crippen molar-refractivity contribution >= 4 is 23.6 Å². The highest BCUT2D eigenvalue weighted by Crippen LogP contribution is 2.42. The Morgan fingerprint density at radius 1 is 1.06 bits per heavy atom. The molecule has 31 heavy (non-hydrogen) atoms. The van der Waals surface area contributed by atoms with E-state index in [0.717, 1.165) is 22.3 Å². The molecule has 2 aromatic rings. The maximum Gasteiger partial charge on any atom is 0.308 e. The van der Waals surface area contributed by atoms with E-state index in [4.69, 9.17) is 18.9 Å². The maximum absolute atomic E-state index is 11.6. The van der Waals surface area contributed by atoms with Gasteiger partial charge in [0.05, 0.1) is 7.11 Å². The molecule has 0 N–H and O–H groups in total. The Balaban J connectivity index is 2.08. The second-order valence-corrected chi connectivity index (χ2v) is 7.82. The Bertz CT molecular complexity index is 1080. The van der Waals surface area contributed by atoms with Crippen molar-refractivity contribution in [1.82, 2.24) is 0 Å². The molecule has 0 spiro atoms. The third kappa shape index (κ3) is 4.79. The molecule has 0 aromatic heterocycles. The highest BCUT2D eigenvalue weighted by Gasteiger charge is 2.26. The minimum absolute atomic E-state index is 0.306. The summed E-state index contributed by atoms with van der Waals surface area (Å²) in [6.45, 7) is 10.9. The molecule has 0 bridgehead atoms. The number of esters is 2. The highest BCUT2D eigenvalue weighted by molar-refractivity contribution is 5.88. The van der Waals surface area contributed by atoms with Gasteiger partial charge in [0, 0.05) is 53.7 Å². The Labute approximate surface area is 182 Å². The minimum Gasteiger partial charge on any atom is -0.496 e. The van der Waals surface area contributed by atoms with E-state index in [1.165, 1.54) is 13.8 Å². The number of fused-ring (bicyclic) bond motifs is 1. The Hall–Kier alpha value is -3.54. The summed E-state index contributed by atoms with van der Waals surface area (Å²) in [6, 6.07) is 8.91. The number of benzene rings is 2. The normalized spacial score (nSPS) is 12.7. The second-order valence-electron chi connectivity index (χ2n) is 7.82. The van der Waals surface area contributed by atoms with Crippen molar-refractivity contribution in [1.29, 1.82) is 0 Å². The number of allylic oxidation sites excluding steroid dienone is 1. The van der Waals surface area contributed by atoms with Crippen molar-refractivity contribution in [3.63, 3.8) is 0 Å². The molecule has 1 aliphatic rings. The summed E-state index contributed by atoms with van der Waals surface area (Å²) in [5.74, 6) is 1.26. The number of rotatable bonds is 6. The molecule has 2 aromatic carbocycles. The molecule has 3 rings (SSSR count). The first-order valence-corrected chi connectivity index (χ1v) is 9.85. The van der Waals surface area contributed by atoms with E-state index in [1.807, 2.05) is 38.1 Å². The molecular formula is C25H26O6. The molecular weight excluding hydrogens is 396 g/mol. The van der Waals surface area contributed by atoms with Crippen LogP contribution in [-0.4, -0.2) is 25.7 Å². The first-order chi connectivity index (χ1) is 14.6. The number of methoxy groups -OCH3 is 1. The van der Waals surface area contributed by atoms with Gasteiger partial charge in [-0.15, -0.1) is 6.58 Å². The molecule has 0 saturated carbocycles. The zero-order chi connectivity index (χ0) is 22.8. The van der Waals surface area contributed by atoms with Gasteiger partial charge in [-0.05, 0) is 24.3 Å². The molecule has 0 atom stereocenters. The van der Waals surface area contributed by atoms with Gasteiger partial charge in [-0.3, -0.25) is 9.59 Å². The minimum atomic E-state index is -0.422. The van der Waals surface area contributed by atoms with Gasteiger partial charge in [0.1, 0.15) is 29.6 Å². The lowest BCUT2D eigenvalue weighted by molar-refractivity contribution is -0.132. The summed E-state index contributed by atoms with van der Waals surface area (Å²) in [7, 11) is 1.56. The van der Waals surface area contributed by atoms with Gasteiger partial charge < -0.3 is 18.9 Å². The van der Waals surface area contributed by atoms with Crippen LogP contribution in [0.4, 0.5) is 0 Å². The third-order valence-electron chi connectivity index (χ3n) is 5.06. The number of hydrogen-bond donors (Lipinski definition) is 0. The van der Waals surface area contributed by atoms with Crippen LogP contribution in [0.15, 0.2) is 43.0 Å². The third-order valence-corrected chi connectivity index (χ3v) is 5.06. The van der Waals surface area contributed by atoms with Crippen LogP contribution in [0.1, 0.15) is 44.4 Å². The van der Waals surface area contributed by atoms with Crippen LogP contribution in [0, 0.1) is 0 Å². The fourth-order valence-corrected chi connectivity index (χ4v) is 3.38. The van der Waals surface area contributed by atoms with E-state index in [0.29, 0.717) is 29.6 Å². The van der Waals surface area contributed by atoms with Gasteiger partial charge in [0.15, 0.2) is 0 Å². The Kier molecular flexibility index (Phi) is 6.20. The van der Waals surface area contributed by atoms with E-state index in [-0.39, 0.29) is 0 Å². The van der Waals surface area contributed by atoms with Gasteiger partial charge >= 0.3 is 11.9 Å². The fraction of sp³-hybridized carbons (Fsp3) is 0.280. The van der Waals surface area contributed by atoms with Crippen LogP contribution in [0.3, 0.4) is 0 Å². The van der Waals surface area contributed by atoms with E-state index in [2.05, 4.69) is 6.58 Å². The van der Waals surface area contributed by atoms with E-state index < -0.39 is 17.4 Å². The van der Waals surface area contributed by atoms with Gasteiger partial charge in [-0.25, -0.2) is 0 Å². The van der Waals surface area contributed by atoms with Crippen molar-refractivity contribution < 1.29 is 28.5 Å². The average molecular weight is 422 g/mol. The Morgan fingerprint density at radius 2 is 1.77 bits per heavy atom. The molecule has 1 aliphatic heterocycles. The van der Waals surface area contributed by atoms with Crippen LogP contribution in [-0.2, 0) is 15.0 Å². The summed E-state index contributed by atoms with van der Waals surface area (Å²) in [5, 5.41) is 0. The fourth-order valence-electron chi connectivity index (χ4n) is 3.38. The monoisotopic (exact) mass is 422 g/mol. The van der Waals surface area contributed by atoms with E-state index in [9.17, 15) is 9.59 Å². The lowest BCUT2D eigenvalue weighted by Gasteiger charge is -2.27. The van der Waals surface area contributed by atoms with Crippen LogP contribution < -0.4 is 18.9 Å². The van der Waals surface area contributed by atoms with Crippen molar-refractivity contribution in [2.24, 2.45) is 0 Å². The van der Waals surface area contributed by atoms with Crippen molar-refractivity contribution in [3.05, 3.63) is 59.7 Å². The largest absolute Gasteiger partial charge is 0.496 e. The van der Waals surface area contributed by atoms with Gasteiger partial charge in [-0.1, -0.05) is 19.9 Å². The molecule has 0 aliphatic carbocycles. The Morgan fingerprint density at radius 3 is 2.39 bits per heavy atom. The smallest absolute Gasteiger partial charge is 0.308 e. The molecule has 162 valence electrons. The summed E-state index contributed by atoms with van der Waals surface area (Å²) >= 11 is 0. The van der Waals surface area contributed by atoms with Crippen molar-refractivity contribution in [2.45, 2.75) is 33.1 Å². The first kappa shape index (κ1) is 22.2. The van der Waals surface area contributed by atoms with Crippen LogP contribution >= 0.6 is 0 Å². The lowest BCUT2D eigenvalue weighted by Crippen LogP contribution is -2.18. The highest BCUT2D eigenvalue weighted by atomic mass is 16.5. The lowest BCUT2D eigenvalue weighted by atomic mass is 9.82. The summed E-state index contributed by atoms with van der Waals surface area (Å²) in [6.07, 6.45) is 3.83. The van der Waals surface area contributed by atoms with Crippen LogP contribution in [0.5, 0.6) is 23.0 Å². The molecule has 0 fully saturated rings. The molecule has 0 amide bonds. The predicted molar refractivity (Wildman–Crippen MR) is 119 cm³/mol. The number of hydrogen-bond acceptors (Lipinski definition) is 6. The first-order valence-electron chi connectivity index (χ1n) is 9.85. The van der Waals surface area contributed by atoms with Crippen LogP contribution in [0.25, 0.3) is 11.6 Å². The van der Waals surface area contributed by atoms with Gasteiger partial charge in [0.25, 0.3) is 0 Å². The predicted octanol–water partition coefficient (Wildman–Crippen LogP) is 4.94. The van der Waals surface area contributed by atoms with Crippen molar-refractivity contribution in [2.75, 3.05) is 13.7 Å². The number of carbonyl (C=O) groups excluding carboxylic acids is 2. The standard InChI is InChI=1S/C25H26O6/c1-7-25(4,5)21-11-17-10-18(14-29-22(17)13-24(21)31-16(3)27)20-9-8-19(30-15(2)26)12-23(20)28-6/h7-13H,1,14H2,2-6H3. The molecule has 1 heterocycles. The van der Waals surface area contributed by atoms with Gasteiger partial charge in [-0.2, -0.15) is 0 Å². The maximum atomic E-state index is 11.6. The molecule has 0 saturated heterocycles. The van der Waals surface area contributed by atoms with E-state index in [1.54, 1.807) is 25.3 Å². The summed E-state index contributed by atoms with van der Waals surface area (Å²) in [4.78, 5) is 22.8. The number of ether oxygens (including phenoxy) is 4. The zero-order valence-electron chi connectivity index (χ0n) is 18.4. The zero-order valence-corrected chi connectivity index (χ0v) is 18.4. The molecule has 6 heteroatoms. The van der Waals surface area contributed by atoms with Gasteiger partial charge in [0.2, 0.25) is 0 Å². The summed E-state index contributed by atoms with van der Waals surface area (Å²) < 4.78 is 22.1. The molecule has 0 unspecified atom stereocenters. The topological polar surface area (TPSA) is 71.1 Å². The SMILES string of the molecule is C=CC(C)(C)c1cc2c(cc1OC(C)=O)OCC(c1ccc(OC(C)=O)cc1OC)=C2. The van der Waals surface area contributed by atoms with Crippen LogP contribution in [0.2, 0.25) is 0 Å². The average Bonchev–Trinajstić information content (AvgIpc) is 2.72.